The van der Waals surface area contributed by atoms with Gasteiger partial charge in [0.25, 0.3) is 0 Å². The quantitative estimate of drug-likeness (QED) is 0.841. The van der Waals surface area contributed by atoms with E-state index in [-0.39, 0.29) is 6.61 Å². The molecule has 0 bridgehead atoms. The van der Waals surface area contributed by atoms with E-state index < -0.39 is 0 Å². The number of benzene rings is 2. The summed E-state index contributed by atoms with van der Waals surface area (Å²) in [5, 5.41) is 8.94. The van der Waals surface area contributed by atoms with Crippen LogP contribution in [0.25, 0.3) is 0 Å². The standard InChI is InChI=1S/C17H20O3/c1-19-17-15(10-6-12-18)9-5-11-16(17)20-13-14-7-3-2-4-8-14/h2-5,7-9,11,18H,6,10,12-13H2,1H3. The van der Waals surface area contributed by atoms with Crippen molar-refractivity contribution in [3.05, 3.63) is 59.7 Å². The highest BCUT2D eigenvalue weighted by molar-refractivity contribution is 5.46. The highest BCUT2D eigenvalue weighted by Gasteiger charge is 2.10. The lowest BCUT2D eigenvalue weighted by atomic mass is 10.1. The third kappa shape index (κ3) is 3.75. The molecule has 0 amide bonds. The molecule has 0 aromatic heterocycles. The van der Waals surface area contributed by atoms with Gasteiger partial charge in [-0.3, -0.25) is 0 Å². The first-order chi connectivity index (χ1) is 9.85. The Morgan fingerprint density at radius 3 is 2.50 bits per heavy atom. The fourth-order valence-electron chi connectivity index (χ4n) is 2.11. The Bertz CT molecular complexity index is 523. The van der Waals surface area contributed by atoms with Gasteiger partial charge in [0.15, 0.2) is 11.5 Å². The number of ether oxygens (including phenoxy) is 2. The largest absolute Gasteiger partial charge is 0.493 e. The summed E-state index contributed by atoms with van der Waals surface area (Å²) < 4.78 is 11.3. The number of hydrogen-bond acceptors (Lipinski definition) is 3. The van der Waals surface area contributed by atoms with Crippen LogP contribution in [0.5, 0.6) is 11.5 Å². The number of aliphatic hydroxyl groups is 1. The van der Waals surface area contributed by atoms with Crippen LogP contribution in [-0.4, -0.2) is 18.8 Å². The topological polar surface area (TPSA) is 38.7 Å². The molecule has 0 aliphatic heterocycles. The highest BCUT2D eigenvalue weighted by atomic mass is 16.5. The number of hydrogen-bond donors (Lipinski definition) is 1. The van der Waals surface area contributed by atoms with Crippen molar-refractivity contribution in [3.63, 3.8) is 0 Å². The van der Waals surface area contributed by atoms with E-state index in [2.05, 4.69) is 0 Å². The van der Waals surface area contributed by atoms with E-state index in [1.54, 1.807) is 7.11 Å². The van der Waals surface area contributed by atoms with Gasteiger partial charge in [-0.1, -0.05) is 42.5 Å². The lowest BCUT2D eigenvalue weighted by Crippen LogP contribution is -2.00. The van der Waals surface area contributed by atoms with Crippen LogP contribution in [0.3, 0.4) is 0 Å². The summed E-state index contributed by atoms with van der Waals surface area (Å²) in [4.78, 5) is 0. The molecule has 2 aromatic carbocycles. The molecular formula is C17H20O3. The van der Waals surface area contributed by atoms with E-state index >= 15 is 0 Å². The van der Waals surface area contributed by atoms with Crippen LogP contribution < -0.4 is 9.47 Å². The second-order valence-corrected chi connectivity index (χ2v) is 4.55. The molecule has 0 heterocycles. The maximum Gasteiger partial charge on any atom is 0.163 e. The monoisotopic (exact) mass is 272 g/mol. The molecule has 0 aliphatic carbocycles. The van der Waals surface area contributed by atoms with E-state index in [9.17, 15) is 0 Å². The average Bonchev–Trinajstić information content (AvgIpc) is 2.51. The van der Waals surface area contributed by atoms with E-state index in [0.717, 1.165) is 35.5 Å². The summed E-state index contributed by atoms with van der Waals surface area (Å²) in [5.41, 5.74) is 2.18. The van der Waals surface area contributed by atoms with Gasteiger partial charge in [-0.2, -0.15) is 0 Å². The summed E-state index contributed by atoms with van der Waals surface area (Å²) in [5.74, 6) is 1.50. The van der Waals surface area contributed by atoms with Crippen LogP contribution in [0.1, 0.15) is 17.5 Å². The zero-order valence-electron chi connectivity index (χ0n) is 11.7. The molecule has 0 radical (unpaired) electrons. The predicted octanol–water partition coefficient (Wildman–Crippen LogP) is 3.20. The Kier molecular flexibility index (Phi) is 5.44. The van der Waals surface area contributed by atoms with Crippen molar-refractivity contribution >= 4 is 0 Å². The summed E-state index contributed by atoms with van der Waals surface area (Å²) in [6, 6.07) is 15.9. The number of aliphatic hydroxyl groups excluding tert-OH is 1. The van der Waals surface area contributed by atoms with Gasteiger partial charge in [-0.15, -0.1) is 0 Å². The number of para-hydroxylation sites is 1. The molecular weight excluding hydrogens is 252 g/mol. The number of rotatable bonds is 7. The predicted molar refractivity (Wildman–Crippen MR) is 79.2 cm³/mol. The maximum absolute atomic E-state index is 8.94. The summed E-state index contributed by atoms with van der Waals surface area (Å²) in [6.07, 6.45) is 1.50. The minimum Gasteiger partial charge on any atom is -0.493 e. The van der Waals surface area contributed by atoms with Crippen molar-refractivity contribution in [2.75, 3.05) is 13.7 Å². The Morgan fingerprint density at radius 1 is 1.00 bits per heavy atom. The molecule has 0 saturated carbocycles. The van der Waals surface area contributed by atoms with Crippen LogP contribution in [-0.2, 0) is 13.0 Å². The molecule has 0 fully saturated rings. The van der Waals surface area contributed by atoms with Crippen LogP contribution >= 0.6 is 0 Å². The fraction of sp³-hybridized carbons (Fsp3) is 0.294. The zero-order chi connectivity index (χ0) is 14.2. The van der Waals surface area contributed by atoms with Crippen molar-refractivity contribution in [1.82, 2.24) is 0 Å². The summed E-state index contributed by atoms with van der Waals surface area (Å²) in [6.45, 7) is 0.693. The van der Waals surface area contributed by atoms with Gasteiger partial charge in [-0.05, 0) is 30.0 Å². The summed E-state index contributed by atoms with van der Waals surface area (Å²) in [7, 11) is 1.65. The van der Waals surface area contributed by atoms with Gasteiger partial charge >= 0.3 is 0 Å². The number of methoxy groups -OCH3 is 1. The Hall–Kier alpha value is -2.00. The Balaban J connectivity index is 2.10. The SMILES string of the molecule is COc1c(CCCO)cccc1OCc1ccccc1. The molecule has 3 heteroatoms. The minimum atomic E-state index is 0.179. The molecule has 106 valence electrons. The lowest BCUT2D eigenvalue weighted by Gasteiger charge is -2.14. The maximum atomic E-state index is 8.94. The van der Waals surface area contributed by atoms with E-state index in [0.29, 0.717) is 6.61 Å². The minimum absolute atomic E-state index is 0.179. The normalized spacial score (nSPS) is 10.3. The van der Waals surface area contributed by atoms with Crippen molar-refractivity contribution in [3.8, 4) is 11.5 Å². The van der Waals surface area contributed by atoms with E-state index in [1.165, 1.54) is 0 Å². The molecule has 0 saturated heterocycles. The first-order valence-corrected chi connectivity index (χ1v) is 6.78. The van der Waals surface area contributed by atoms with E-state index in [4.69, 9.17) is 14.6 Å². The third-order valence-corrected chi connectivity index (χ3v) is 3.11. The zero-order valence-corrected chi connectivity index (χ0v) is 11.7. The number of aryl methyl sites for hydroxylation is 1. The average molecular weight is 272 g/mol. The molecule has 2 aromatic rings. The van der Waals surface area contributed by atoms with Crippen molar-refractivity contribution in [2.45, 2.75) is 19.4 Å². The van der Waals surface area contributed by atoms with Gasteiger partial charge in [0.2, 0.25) is 0 Å². The molecule has 20 heavy (non-hydrogen) atoms. The molecule has 1 N–H and O–H groups in total. The van der Waals surface area contributed by atoms with Gasteiger partial charge < -0.3 is 14.6 Å². The lowest BCUT2D eigenvalue weighted by molar-refractivity contribution is 0.278. The molecule has 0 atom stereocenters. The first kappa shape index (κ1) is 14.4. The van der Waals surface area contributed by atoms with Gasteiger partial charge in [-0.25, -0.2) is 0 Å². The van der Waals surface area contributed by atoms with Gasteiger partial charge in [0.1, 0.15) is 6.61 Å². The Labute approximate surface area is 119 Å². The Morgan fingerprint density at radius 2 is 1.80 bits per heavy atom. The third-order valence-electron chi connectivity index (χ3n) is 3.11. The fourth-order valence-corrected chi connectivity index (χ4v) is 2.11. The van der Waals surface area contributed by atoms with Gasteiger partial charge in [0, 0.05) is 6.61 Å². The van der Waals surface area contributed by atoms with Crippen LogP contribution in [0, 0.1) is 0 Å². The smallest absolute Gasteiger partial charge is 0.163 e. The summed E-state index contributed by atoms with van der Waals surface area (Å²) >= 11 is 0. The van der Waals surface area contributed by atoms with Crippen LogP contribution in [0.4, 0.5) is 0 Å². The highest BCUT2D eigenvalue weighted by Crippen LogP contribution is 2.32. The van der Waals surface area contributed by atoms with Crippen molar-refractivity contribution < 1.29 is 14.6 Å². The molecule has 3 nitrogen and oxygen atoms in total. The molecule has 2 rings (SSSR count). The van der Waals surface area contributed by atoms with Gasteiger partial charge in [0.05, 0.1) is 7.11 Å². The first-order valence-electron chi connectivity index (χ1n) is 6.78. The van der Waals surface area contributed by atoms with Crippen molar-refractivity contribution in [2.24, 2.45) is 0 Å². The second kappa shape index (κ2) is 7.56. The second-order valence-electron chi connectivity index (χ2n) is 4.55. The van der Waals surface area contributed by atoms with E-state index in [1.807, 2.05) is 48.5 Å². The van der Waals surface area contributed by atoms with Crippen LogP contribution in [0.2, 0.25) is 0 Å². The van der Waals surface area contributed by atoms with Crippen LogP contribution in [0.15, 0.2) is 48.5 Å². The molecule has 0 unspecified atom stereocenters. The van der Waals surface area contributed by atoms with Crippen molar-refractivity contribution in [1.29, 1.82) is 0 Å². The molecule has 0 spiro atoms. The molecule has 0 aliphatic rings.